The summed E-state index contributed by atoms with van der Waals surface area (Å²) in [5.41, 5.74) is 1.70. The summed E-state index contributed by atoms with van der Waals surface area (Å²) in [6.07, 6.45) is 0. The van der Waals surface area contributed by atoms with Crippen LogP contribution in [0.15, 0.2) is 64.2 Å². The number of aromatic nitrogens is 3. The lowest BCUT2D eigenvalue weighted by atomic mass is 10.1. The van der Waals surface area contributed by atoms with Gasteiger partial charge in [-0.05, 0) is 19.1 Å². The van der Waals surface area contributed by atoms with Crippen molar-refractivity contribution in [2.75, 3.05) is 0 Å². The van der Waals surface area contributed by atoms with Crippen molar-refractivity contribution >= 4 is 33.5 Å². The monoisotopic (exact) mass is 401 g/mol. The molecule has 0 spiro atoms. The highest BCUT2D eigenvalue weighted by Gasteiger charge is 2.20. The average Bonchev–Trinajstić information content (AvgIpc) is 2.96. The largest absolute Gasteiger partial charge is 0.305 e. The topological polar surface area (TPSA) is 47.8 Å². The Morgan fingerprint density at radius 3 is 2.42 bits per heavy atom. The molecule has 0 fully saturated rings. The molecule has 0 bridgehead atoms. The molecule has 0 aliphatic carbocycles. The van der Waals surface area contributed by atoms with Crippen LogP contribution < -0.4 is 0 Å². The lowest BCUT2D eigenvalue weighted by Crippen LogP contribution is -2.14. The van der Waals surface area contributed by atoms with Gasteiger partial charge >= 0.3 is 0 Å². The standard InChI is InChI=1S/C18H16BrN3OS/c1-12(16(23)13-8-10-15(19)11-9-13)24-18-21-20-17(22(18)2)14-6-4-3-5-7-14/h3-12H,1-2H3/t12-/m1/s1. The van der Waals surface area contributed by atoms with Crippen LogP contribution in [0.2, 0.25) is 0 Å². The third-order valence-electron chi connectivity index (χ3n) is 3.65. The van der Waals surface area contributed by atoms with E-state index in [4.69, 9.17) is 0 Å². The normalized spacial score (nSPS) is 12.1. The fraction of sp³-hybridized carbons (Fsp3) is 0.167. The van der Waals surface area contributed by atoms with Crippen molar-refractivity contribution in [3.05, 3.63) is 64.6 Å². The average molecular weight is 402 g/mol. The van der Waals surface area contributed by atoms with E-state index in [1.165, 1.54) is 11.8 Å². The number of hydrogen-bond donors (Lipinski definition) is 0. The summed E-state index contributed by atoms with van der Waals surface area (Å²) in [6.45, 7) is 1.89. The van der Waals surface area contributed by atoms with E-state index in [-0.39, 0.29) is 11.0 Å². The number of carbonyl (C=O) groups is 1. The Kier molecular flexibility index (Phi) is 5.16. The first-order valence-electron chi connectivity index (χ1n) is 7.47. The van der Waals surface area contributed by atoms with E-state index in [0.717, 1.165) is 21.0 Å². The van der Waals surface area contributed by atoms with Gasteiger partial charge in [-0.15, -0.1) is 10.2 Å². The van der Waals surface area contributed by atoms with Gasteiger partial charge in [-0.2, -0.15) is 0 Å². The number of ketones is 1. The van der Waals surface area contributed by atoms with E-state index in [9.17, 15) is 4.79 Å². The van der Waals surface area contributed by atoms with Gasteiger partial charge in [-0.3, -0.25) is 4.79 Å². The summed E-state index contributed by atoms with van der Waals surface area (Å²) in [5.74, 6) is 0.873. The van der Waals surface area contributed by atoms with E-state index < -0.39 is 0 Å². The summed E-state index contributed by atoms with van der Waals surface area (Å²) in [4.78, 5) is 12.6. The number of hydrogen-bond acceptors (Lipinski definition) is 4. The summed E-state index contributed by atoms with van der Waals surface area (Å²) >= 11 is 4.80. The zero-order chi connectivity index (χ0) is 17.1. The predicted molar refractivity (Wildman–Crippen MR) is 100 cm³/mol. The molecule has 1 heterocycles. The van der Waals surface area contributed by atoms with Crippen LogP contribution in [0.1, 0.15) is 17.3 Å². The lowest BCUT2D eigenvalue weighted by Gasteiger charge is -2.10. The fourth-order valence-corrected chi connectivity index (χ4v) is 3.47. The molecule has 1 atom stereocenters. The second kappa shape index (κ2) is 7.32. The first kappa shape index (κ1) is 16.9. The number of nitrogens with zero attached hydrogens (tertiary/aromatic N) is 3. The van der Waals surface area contributed by atoms with Crippen molar-refractivity contribution in [2.24, 2.45) is 7.05 Å². The highest BCUT2D eigenvalue weighted by molar-refractivity contribution is 9.10. The number of Topliss-reactive ketones (excluding diaryl/α,β-unsaturated/α-hetero) is 1. The Morgan fingerprint density at radius 1 is 1.08 bits per heavy atom. The third-order valence-corrected chi connectivity index (χ3v) is 5.31. The summed E-state index contributed by atoms with van der Waals surface area (Å²) in [5, 5.41) is 8.99. The number of thioether (sulfide) groups is 1. The highest BCUT2D eigenvalue weighted by atomic mass is 79.9. The third kappa shape index (κ3) is 3.60. The van der Waals surface area contributed by atoms with Gasteiger partial charge in [0.05, 0.1) is 5.25 Å². The zero-order valence-electron chi connectivity index (χ0n) is 13.3. The molecular formula is C18H16BrN3OS. The maximum atomic E-state index is 12.6. The Bertz CT molecular complexity index is 846. The van der Waals surface area contributed by atoms with Crippen molar-refractivity contribution in [3.63, 3.8) is 0 Å². The van der Waals surface area contributed by atoms with Crippen molar-refractivity contribution in [1.29, 1.82) is 0 Å². The van der Waals surface area contributed by atoms with Gasteiger partial charge in [-0.25, -0.2) is 0 Å². The smallest absolute Gasteiger partial charge is 0.191 e. The molecule has 0 N–H and O–H groups in total. The molecule has 6 heteroatoms. The van der Waals surface area contributed by atoms with Crippen LogP contribution in [0.3, 0.4) is 0 Å². The molecule has 3 rings (SSSR count). The molecule has 4 nitrogen and oxygen atoms in total. The second-order valence-electron chi connectivity index (χ2n) is 5.36. The van der Waals surface area contributed by atoms with E-state index in [1.807, 2.05) is 73.1 Å². The molecule has 3 aromatic rings. The predicted octanol–water partition coefficient (Wildman–Crippen LogP) is 4.61. The van der Waals surface area contributed by atoms with Gasteiger partial charge in [0.25, 0.3) is 0 Å². The lowest BCUT2D eigenvalue weighted by molar-refractivity contribution is 0.0994. The maximum absolute atomic E-state index is 12.6. The molecule has 0 aliphatic heterocycles. The molecule has 0 unspecified atom stereocenters. The Balaban J connectivity index is 1.78. The van der Waals surface area contributed by atoms with Gasteiger partial charge in [0.15, 0.2) is 16.8 Å². The molecule has 0 aliphatic rings. The van der Waals surface area contributed by atoms with Gasteiger partial charge < -0.3 is 4.57 Å². The zero-order valence-corrected chi connectivity index (χ0v) is 15.7. The molecule has 0 radical (unpaired) electrons. The SMILES string of the molecule is C[C@@H](Sc1nnc(-c2ccccc2)n1C)C(=O)c1ccc(Br)cc1. The van der Waals surface area contributed by atoms with E-state index >= 15 is 0 Å². The van der Waals surface area contributed by atoms with Crippen LogP contribution in [0.4, 0.5) is 0 Å². The molecule has 2 aromatic carbocycles. The van der Waals surface area contributed by atoms with Gasteiger partial charge in [0.1, 0.15) is 0 Å². The number of benzene rings is 2. The second-order valence-corrected chi connectivity index (χ2v) is 7.59. The summed E-state index contributed by atoms with van der Waals surface area (Å²) < 4.78 is 2.88. The number of carbonyl (C=O) groups excluding carboxylic acids is 1. The summed E-state index contributed by atoms with van der Waals surface area (Å²) in [7, 11) is 1.92. The minimum atomic E-state index is -0.238. The molecule has 0 amide bonds. The van der Waals surface area contributed by atoms with E-state index in [1.54, 1.807) is 0 Å². The maximum Gasteiger partial charge on any atom is 0.191 e. The van der Waals surface area contributed by atoms with Gasteiger partial charge in [0, 0.05) is 22.6 Å². The van der Waals surface area contributed by atoms with Crippen molar-refractivity contribution < 1.29 is 4.79 Å². The number of rotatable bonds is 5. The molecule has 1 aromatic heterocycles. The van der Waals surface area contributed by atoms with Crippen molar-refractivity contribution in [1.82, 2.24) is 14.8 Å². The fourth-order valence-electron chi connectivity index (χ4n) is 2.32. The first-order valence-corrected chi connectivity index (χ1v) is 9.15. The Morgan fingerprint density at radius 2 is 1.75 bits per heavy atom. The number of halogens is 1. The van der Waals surface area contributed by atoms with Crippen LogP contribution in [0, 0.1) is 0 Å². The van der Waals surface area contributed by atoms with Gasteiger partial charge in [-0.1, -0.05) is 70.2 Å². The molecular weight excluding hydrogens is 386 g/mol. The Hall–Kier alpha value is -1.92. The molecule has 122 valence electrons. The minimum absolute atomic E-state index is 0.0803. The molecule has 24 heavy (non-hydrogen) atoms. The minimum Gasteiger partial charge on any atom is -0.305 e. The Labute approximate surface area is 153 Å². The first-order chi connectivity index (χ1) is 11.6. The summed E-state index contributed by atoms with van der Waals surface area (Å²) in [6, 6.07) is 17.3. The van der Waals surface area contributed by atoms with Crippen LogP contribution in [-0.4, -0.2) is 25.8 Å². The van der Waals surface area contributed by atoms with E-state index in [2.05, 4.69) is 26.1 Å². The van der Waals surface area contributed by atoms with Crippen LogP contribution in [0.5, 0.6) is 0 Å². The quantitative estimate of drug-likeness (QED) is 0.462. The van der Waals surface area contributed by atoms with Gasteiger partial charge in [0.2, 0.25) is 0 Å². The van der Waals surface area contributed by atoms with E-state index in [0.29, 0.717) is 5.56 Å². The van der Waals surface area contributed by atoms with Crippen LogP contribution >= 0.6 is 27.7 Å². The highest BCUT2D eigenvalue weighted by Crippen LogP contribution is 2.27. The van der Waals surface area contributed by atoms with Crippen LogP contribution in [-0.2, 0) is 7.05 Å². The molecule has 0 saturated carbocycles. The van der Waals surface area contributed by atoms with Crippen molar-refractivity contribution in [3.8, 4) is 11.4 Å². The molecule has 0 saturated heterocycles. The van der Waals surface area contributed by atoms with Crippen molar-refractivity contribution in [2.45, 2.75) is 17.3 Å². The van der Waals surface area contributed by atoms with Crippen LogP contribution in [0.25, 0.3) is 11.4 Å².